The van der Waals surface area contributed by atoms with Crippen molar-refractivity contribution in [3.05, 3.63) is 36.0 Å². The van der Waals surface area contributed by atoms with Crippen molar-refractivity contribution in [1.29, 1.82) is 0 Å². The minimum absolute atomic E-state index is 0.456. The number of aryl methyl sites for hydroxylation is 1. The van der Waals surface area contributed by atoms with Crippen molar-refractivity contribution in [3.8, 4) is 11.3 Å². The van der Waals surface area contributed by atoms with E-state index in [1.807, 2.05) is 0 Å². The second-order valence-electron chi connectivity index (χ2n) is 4.52. The van der Waals surface area contributed by atoms with E-state index in [1.165, 1.54) is 11.7 Å². The maximum atomic E-state index is 12.5. The molecule has 1 aromatic heterocycles. The molecule has 0 aliphatic heterocycles. The summed E-state index contributed by atoms with van der Waals surface area (Å²) in [7, 11) is 1.53. The van der Waals surface area contributed by atoms with Crippen LogP contribution in [0.15, 0.2) is 30.3 Å². The zero-order valence-corrected chi connectivity index (χ0v) is 12.0. The Bertz CT molecular complexity index is 704. The van der Waals surface area contributed by atoms with Gasteiger partial charge in [-0.1, -0.05) is 0 Å². The number of hydrogen-bond acceptors (Lipinski definition) is 3. The molecule has 0 aliphatic rings. The van der Waals surface area contributed by atoms with Crippen LogP contribution in [-0.4, -0.2) is 17.2 Å². The first-order valence-electron chi connectivity index (χ1n) is 6.12. The Labute approximate surface area is 131 Å². The normalized spacial score (nSPS) is 11.6. The number of aromatic amines is 1. The van der Waals surface area contributed by atoms with E-state index < -0.39 is 24.0 Å². The molecule has 0 unspecified atom stereocenters. The number of alkyl halides is 6. The van der Waals surface area contributed by atoms with Gasteiger partial charge in [0.1, 0.15) is 5.97 Å². The molecule has 3 N–H and O–H groups in total. The summed E-state index contributed by atoms with van der Waals surface area (Å²) in [6, 6.07) is 7.73. The number of nitrogens with one attached hydrogen (secondary N) is 1. The van der Waals surface area contributed by atoms with E-state index in [0.29, 0.717) is 16.9 Å². The van der Waals surface area contributed by atoms with E-state index in [0.717, 1.165) is 6.07 Å². The van der Waals surface area contributed by atoms with Crippen LogP contribution in [0.2, 0.25) is 0 Å². The van der Waals surface area contributed by atoms with E-state index in [2.05, 4.69) is 5.10 Å². The number of aliphatic carboxylic acids is 1. The highest BCUT2D eigenvalue weighted by molar-refractivity contribution is 5.70. The molecule has 132 valence electrons. The molecular weight excluding hydrogens is 344 g/mol. The van der Waals surface area contributed by atoms with Gasteiger partial charge < -0.3 is 15.6 Å². The highest BCUT2D eigenvalue weighted by Crippen LogP contribution is 2.29. The predicted molar refractivity (Wildman–Crippen MR) is 67.9 cm³/mol. The van der Waals surface area contributed by atoms with Gasteiger partial charge in [0.05, 0.1) is 0 Å². The Morgan fingerprint density at radius 3 is 1.92 bits per heavy atom. The largest absolute Gasteiger partial charge is 0.542 e. The smallest absolute Gasteiger partial charge is 0.436 e. The maximum Gasteiger partial charge on any atom is 0.436 e. The second-order valence-corrected chi connectivity index (χ2v) is 4.52. The van der Waals surface area contributed by atoms with Crippen LogP contribution in [0, 0.1) is 0 Å². The lowest BCUT2D eigenvalue weighted by molar-refractivity contribution is -0.717. The number of hydrogen-bond donors (Lipinski definition) is 2. The quantitative estimate of drug-likeness (QED) is 0.461. The number of anilines is 1. The van der Waals surface area contributed by atoms with Crippen molar-refractivity contribution in [3.63, 3.8) is 0 Å². The van der Waals surface area contributed by atoms with Crippen molar-refractivity contribution in [2.24, 2.45) is 7.05 Å². The van der Waals surface area contributed by atoms with Crippen LogP contribution >= 0.6 is 0 Å². The van der Waals surface area contributed by atoms with Crippen LogP contribution in [0.25, 0.3) is 11.3 Å². The minimum atomic E-state index is -5.19. The zero-order chi connectivity index (χ0) is 18.7. The molecule has 1 heterocycles. The minimum Gasteiger partial charge on any atom is -0.542 e. The Hall–Kier alpha value is -2.72. The Morgan fingerprint density at radius 2 is 1.58 bits per heavy atom. The maximum absolute atomic E-state index is 12.5. The molecule has 0 amide bonds. The molecule has 1 aromatic carbocycles. The summed E-state index contributed by atoms with van der Waals surface area (Å²) < 4.78 is 70.4. The van der Waals surface area contributed by atoms with E-state index in [-0.39, 0.29) is 0 Å². The number of halogens is 6. The average molecular weight is 355 g/mol. The summed E-state index contributed by atoms with van der Waals surface area (Å²) >= 11 is 0. The molecule has 0 saturated carbocycles. The molecule has 0 aliphatic carbocycles. The van der Waals surface area contributed by atoms with Gasteiger partial charge in [-0.2, -0.15) is 31.4 Å². The van der Waals surface area contributed by atoms with Crippen molar-refractivity contribution >= 4 is 11.7 Å². The molecule has 0 fully saturated rings. The molecule has 0 radical (unpaired) electrons. The van der Waals surface area contributed by atoms with Gasteiger partial charge in [-0.3, -0.25) is 0 Å². The number of aromatic nitrogens is 2. The van der Waals surface area contributed by atoms with E-state index in [9.17, 15) is 26.3 Å². The topological polar surface area (TPSA) is 85.8 Å². The number of nitrogens with two attached hydrogens (primary N) is 1. The molecule has 5 nitrogen and oxygen atoms in total. The summed E-state index contributed by atoms with van der Waals surface area (Å²) in [6.45, 7) is 0. The molecule has 0 bridgehead atoms. The van der Waals surface area contributed by atoms with E-state index in [1.54, 1.807) is 24.3 Å². The number of carboxylic acid groups (broad SMARTS) is 1. The standard InChI is InChI=1S/C11H10F3N3.C2HF3O2/c1-17-9(6-10(16-17)11(12,13)14)7-2-4-8(15)5-3-7;3-2(4,5)1(6)7/h2-6H,1H3,(H2,15,16);(H,6,7). The van der Waals surface area contributed by atoms with Crippen LogP contribution in [0.3, 0.4) is 0 Å². The number of nitrogen functional groups attached to an aromatic ring is 1. The summed E-state index contributed by atoms with van der Waals surface area (Å²) in [5.74, 6) is -3.01. The third-order valence-corrected chi connectivity index (χ3v) is 2.67. The van der Waals surface area contributed by atoms with Gasteiger partial charge in [0.15, 0.2) is 12.7 Å². The Kier molecular flexibility index (Phi) is 5.48. The van der Waals surface area contributed by atoms with Gasteiger partial charge in [0.2, 0.25) is 5.69 Å². The molecule has 0 saturated heterocycles. The van der Waals surface area contributed by atoms with Crippen molar-refractivity contribution < 1.29 is 40.9 Å². The summed E-state index contributed by atoms with van der Waals surface area (Å²) in [5.41, 5.74) is 6.45. The Balaban J connectivity index is 0.000000351. The van der Waals surface area contributed by atoms with Crippen LogP contribution < -0.4 is 15.5 Å². The Morgan fingerprint density at radius 1 is 1.12 bits per heavy atom. The third kappa shape index (κ3) is 5.18. The van der Waals surface area contributed by atoms with Gasteiger partial charge in [-0.05, 0) is 24.3 Å². The monoisotopic (exact) mass is 355 g/mol. The van der Waals surface area contributed by atoms with E-state index >= 15 is 0 Å². The molecule has 0 spiro atoms. The molecule has 2 rings (SSSR count). The molecular formula is C13H11F6N3O2. The second kappa shape index (κ2) is 6.81. The highest BCUT2D eigenvalue weighted by Gasteiger charge is 2.36. The van der Waals surface area contributed by atoms with Crippen LogP contribution in [-0.2, 0) is 18.0 Å². The SMILES string of the molecule is C[n+]1[nH]c(C(F)(F)F)cc1-c1ccc(N)cc1.O=C([O-])C(F)(F)F. The summed E-state index contributed by atoms with van der Waals surface area (Å²) in [5, 5.41) is 11.0. The van der Waals surface area contributed by atoms with E-state index in [4.69, 9.17) is 15.6 Å². The lowest BCUT2D eigenvalue weighted by Gasteiger charge is -2.03. The third-order valence-electron chi connectivity index (χ3n) is 2.67. The molecule has 24 heavy (non-hydrogen) atoms. The number of carboxylic acids is 1. The molecule has 2 aromatic rings. The van der Waals surface area contributed by atoms with Crippen molar-refractivity contribution in [1.82, 2.24) is 5.10 Å². The first-order chi connectivity index (χ1) is 10.8. The zero-order valence-electron chi connectivity index (χ0n) is 12.0. The van der Waals surface area contributed by atoms with Crippen LogP contribution in [0.4, 0.5) is 32.0 Å². The predicted octanol–water partition coefficient (Wildman–Crippen LogP) is 1.41. The first-order valence-corrected chi connectivity index (χ1v) is 6.12. The molecule has 11 heteroatoms. The highest BCUT2D eigenvalue weighted by atomic mass is 19.4. The number of H-pyrrole nitrogens is 1. The lowest BCUT2D eigenvalue weighted by atomic mass is 10.1. The van der Waals surface area contributed by atoms with Gasteiger partial charge in [-0.25, -0.2) is 0 Å². The van der Waals surface area contributed by atoms with Crippen LogP contribution in [0.1, 0.15) is 5.69 Å². The fourth-order valence-electron chi connectivity index (χ4n) is 1.58. The average Bonchev–Trinajstić information content (AvgIpc) is 2.81. The summed E-state index contributed by atoms with van der Waals surface area (Å²) in [4.78, 5) is 8.78. The van der Waals surface area contributed by atoms with Crippen molar-refractivity contribution in [2.45, 2.75) is 12.4 Å². The number of carbonyl (C=O) groups excluding carboxylic acids is 1. The number of rotatable bonds is 1. The lowest BCUT2D eigenvalue weighted by Crippen LogP contribution is -2.37. The van der Waals surface area contributed by atoms with Crippen molar-refractivity contribution in [2.75, 3.05) is 5.73 Å². The van der Waals surface area contributed by atoms with Gasteiger partial charge >= 0.3 is 12.4 Å². The number of carbonyl (C=O) groups is 1. The van der Waals surface area contributed by atoms with Gasteiger partial charge in [0, 0.05) is 17.3 Å². The van der Waals surface area contributed by atoms with Crippen LogP contribution in [0.5, 0.6) is 0 Å². The molecule has 0 atom stereocenters. The fourth-order valence-corrected chi connectivity index (χ4v) is 1.58. The van der Waals surface area contributed by atoms with Gasteiger partial charge in [-0.15, -0.1) is 4.68 Å². The fraction of sp³-hybridized carbons (Fsp3) is 0.231. The summed E-state index contributed by atoms with van der Waals surface area (Å²) in [6.07, 6.45) is -9.57. The number of nitrogens with zero attached hydrogens (tertiary/aromatic N) is 1. The number of benzene rings is 1. The first kappa shape index (κ1) is 19.3. The van der Waals surface area contributed by atoms with Gasteiger partial charge in [0.25, 0.3) is 0 Å².